The number of nitrogens with zero attached hydrogens (tertiary/aromatic N) is 1. The van der Waals surface area contributed by atoms with Gasteiger partial charge in [-0.3, -0.25) is 0 Å². The van der Waals surface area contributed by atoms with Crippen LogP contribution >= 0.6 is 0 Å². The molecule has 1 heterocycles. The fourth-order valence-electron chi connectivity index (χ4n) is 2.58. The van der Waals surface area contributed by atoms with Crippen LogP contribution in [0.4, 0.5) is 17.6 Å². The lowest BCUT2D eigenvalue weighted by atomic mass is 10.0. The van der Waals surface area contributed by atoms with Gasteiger partial charge >= 0.3 is 5.25 Å². The van der Waals surface area contributed by atoms with Crippen molar-refractivity contribution in [2.75, 3.05) is 6.61 Å². The lowest BCUT2D eigenvalue weighted by molar-refractivity contribution is -0.0392. The Kier molecular flexibility index (Phi) is 3.58. The number of fused-ring (bicyclic) bond motifs is 1. The highest BCUT2D eigenvalue weighted by Gasteiger charge is 2.62. The fraction of sp³-hybridized carbons (Fsp3) is 0.500. The van der Waals surface area contributed by atoms with Crippen LogP contribution in [0.2, 0.25) is 0 Å². The van der Waals surface area contributed by atoms with Gasteiger partial charge in [0.2, 0.25) is 9.84 Å². The van der Waals surface area contributed by atoms with Crippen LogP contribution in [0.5, 0.6) is 5.75 Å². The maximum absolute atomic E-state index is 13.8. The molecule has 0 saturated heterocycles. The summed E-state index contributed by atoms with van der Waals surface area (Å²) in [4.78, 5) is -1.04. The molecule has 1 aliphatic heterocycles. The summed E-state index contributed by atoms with van der Waals surface area (Å²) in [6, 6.07) is 3.54. The Bertz CT molecular complexity index is 843. The molecule has 0 amide bonds. The third-order valence-electron chi connectivity index (χ3n) is 4.26. The van der Waals surface area contributed by atoms with E-state index < -0.39 is 54.8 Å². The molecule has 1 aliphatic carbocycles. The zero-order chi connectivity index (χ0) is 17.9. The molecule has 1 N–H and O–H groups in total. The monoisotopic (exact) mass is 365 g/mol. The molecule has 0 radical (unpaired) electrons. The number of aliphatic hydroxyl groups is 1. The highest BCUT2D eigenvalue weighted by Crippen LogP contribution is 2.54. The van der Waals surface area contributed by atoms with Crippen molar-refractivity contribution in [1.29, 1.82) is 5.26 Å². The third kappa shape index (κ3) is 2.18. The van der Waals surface area contributed by atoms with E-state index in [1.54, 1.807) is 0 Å². The molecule has 5 nitrogen and oxygen atoms in total. The standard InChI is InChI=1S/C14H11F4NO4S/c15-12(16)9-7(23-6-13(5-19)3-4-13)1-2-8-10(9)11(20)14(17,18)24(8,21)22/h1-2,11-12,20H,3-4,6H2. The number of sulfone groups is 1. The van der Waals surface area contributed by atoms with Crippen LogP contribution in [0.1, 0.15) is 36.5 Å². The molecular weight excluding hydrogens is 354 g/mol. The minimum Gasteiger partial charge on any atom is -0.491 e. The second kappa shape index (κ2) is 5.07. The number of alkyl halides is 4. The van der Waals surface area contributed by atoms with Crippen molar-refractivity contribution in [3.8, 4) is 11.8 Å². The molecule has 24 heavy (non-hydrogen) atoms. The zero-order valence-corrected chi connectivity index (χ0v) is 12.8. The van der Waals surface area contributed by atoms with Crippen LogP contribution in [-0.2, 0) is 9.84 Å². The second-order valence-electron chi connectivity index (χ2n) is 5.84. The Morgan fingerprint density at radius 1 is 1.38 bits per heavy atom. The minimum atomic E-state index is -5.27. The number of benzene rings is 1. The van der Waals surface area contributed by atoms with Crippen molar-refractivity contribution >= 4 is 9.84 Å². The van der Waals surface area contributed by atoms with Gasteiger partial charge in [-0.1, -0.05) is 0 Å². The van der Waals surface area contributed by atoms with E-state index in [9.17, 15) is 31.1 Å². The molecule has 3 rings (SSSR count). The van der Waals surface area contributed by atoms with Crippen molar-refractivity contribution < 1.29 is 35.8 Å². The van der Waals surface area contributed by atoms with E-state index in [2.05, 4.69) is 0 Å². The summed E-state index contributed by atoms with van der Waals surface area (Å²) < 4.78 is 82.9. The Morgan fingerprint density at radius 3 is 2.50 bits per heavy atom. The number of ether oxygens (including phenoxy) is 1. The van der Waals surface area contributed by atoms with Crippen LogP contribution in [0.3, 0.4) is 0 Å². The number of hydrogen-bond donors (Lipinski definition) is 1. The highest BCUT2D eigenvalue weighted by molar-refractivity contribution is 7.92. The SMILES string of the molecule is N#CC1(COc2ccc3c(c2C(F)F)C(O)C(F)(F)S3(=O)=O)CC1. The maximum Gasteiger partial charge on any atom is 0.379 e. The first kappa shape index (κ1) is 17.0. The van der Waals surface area contributed by atoms with Crippen molar-refractivity contribution in [2.45, 2.75) is 35.5 Å². The molecule has 1 aromatic rings. The molecule has 1 aromatic carbocycles. The number of nitriles is 1. The highest BCUT2D eigenvalue weighted by atomic mass is 32.2. The molecule has 1 atom stereocenters. The summed E-state index contributed by atoms with van der Waals surface area (Å²) in [6.45, 7) is -0.221. The van der Waals surface area contributed by atoms with Gasteiger partial charge in [0.1, 0.15) is 12.4 Å². The van der Waals surface area contributed by atoms with Crippen LogP contribution in [0.15, 0.2) is 17.0 Å². The number of aliphatic hydroxyl groups excluding tert-OH is 1. The van der Waals surface area contributed by atoms with Gasteiger partial charge in [-0.15, -0.1) is 0 Å². The van der Waals surface area contributed by atoms with Crippen LogP contribution in [0, 0.1) is 16.7 Å². The van der Waals surface area contributed by atoms with E-state index in [1.165, 1.54) is 0 Å². The van der Waals surface area contributed by atoms with Gasteiger partial charge in [0.25, 0.3) is 6.43 Å². The first-order chi connectivity index (χ1) is 11.1. The zero-order valence-electron chi connectivity index (χ0n) is 12.0. The summed E-state index contributed by atoms with van der Waals surface area (Å²) >= 11 is 0. The number of halogens is 4. The normalized spacial score (nSPS) is 25.1. The number of rotatable bonds is 4. The summed E-state index contributed by atoms with van der Waals surface area (Å²) in [5.41, 5.74) is -2.93. The van der Waals surface area contributed by atoms with Crippen LogP contribution < -0.4 is 4.74 Å². The van der Waals surface area contributed by atoms with Crippen molar-refractivity contribution in [3.05, 3.63) is 23.3 Å². The first-order valence-corrected chi connectivity index (χ1v) is 8.35. The molecule has 0 aromatic heterocycles. The summed E-state index contributed by atoms with van der Waals surface area (Å²) in [7, 11) is -5.27. The van der Waals surface area contributed by atoms with Crippen LogP contribution in [-0.4, -0.2) is 25.4 Å². The van der Waals surface area contributed by atoms with Crippen LogP contribution in [0.25, 0.3) is 0 Å². The first-order valence-electron chi connectivity index (χ1n) is 6.87. The van der Waals surface area contributed by atoms with Gasteiger partial charge in [0.15, 0.2) is 6.10 Å². The van der Waals surface area contributed by atoms with Gasteiger partial charge in [-0.05, 0) is 25.0 Å². The lowest BCUT2D eigenvalue weighted by Gasteiger charge is -2.17. The number of hydrogen-bond acceptors (Lipinski definition) is 5. The van der Waals surface area contributed by atoms with Crippen molar-refractivity contribution in [1.82, 2.24) is 0 Å². The van der Waals surface area contributed by atoms with E-state index in [-0.39, 0.29) is 6.61 Å². The van der Waals surface area contributed by atoms with E-state index in [4.69, 9.17) is 10.00 Å². The Balaban J connectivity index is 2.10. The maximum atomic E-state index is 13.8. The molecule has 1 fully saturated rings. The molecular formula is C14H11F4NO4S. The van der Waals surface area contributed by atoms with E-state index >= 15 is 0 Å². The Labute approximate surface area is 134 Å². The molecule has 1 saturated carbocycles. The smallest absolute Gasteiger partial charge is 0.379 e. The van der Waals surface area contributed by atoms with Crippen molar-refractivity contribution in [2.24, 2.45) is 5.41 Å². The van der Waals surface area contributed by atoms with E-state index in [0.717, 1.165) is 6.07 Å². The average Bonchev–Trinajstić information content (AvgIpc) is 3.28. The van der Waals surface area contributed by atoms with Gasteiger partial charge in [-0.2, -0.15) is 14.0 Å². The molecule has 0 bridgehead atoms. The predicted octanol–water partition coefficient (Wildman–Crippen LogP) is 2.72. The Morgan fingerprint density at radius 2 is 2.00 bits per heavy atom. The largest absolute Gasteiger partial charge is 0.491 e. The predicted molar refractivity (Wildman–Crippen MR) is 71.3 cm³/mol. The third-order valence-corrected chi connectivity index (χ3v) is 6.13. The lowest BCUT2D eigenvalue weighted by Crippen LogP contribution is -2.28. The summed E-state index contributed by atoms with van der Waals surface area (Å²) in [5.74, 6) is -0.516. The van der Waals surface area contributed by atoms with Gasteiger partial charge < -0.3 is 9.84 Å². The van der Waals surface area contributed by atoms with Gasteiger partial charge in [0, 0.05) is 5.56 Å². The van der Waals surface area contributed by atoms with Crippen molar-refractivity contribution in [3.63, 3.8) is 0 Å². The molecule has 1 unspecified atom stereocenters. The second-order valence-corrected chi connectivity index (χ2v) is 7.83. The molecule has 130 valence electrons. The summed E-state index contributed by atoms with van der Waals surface area (Å²) in [5, 5.41) is 14.0. The van der Waals surface area contributed by atoms with Gasteiger partial charge in [0.05, 0.1) is 21.9 Å². The fourth-order valence-corrected chi connectivity index (χ4v) is 4.04. The van der Waals surface area contributed by atoms with E-state index in [1.807, 2.05) is 6.07 Å². The molecule has 0 spiro atoms. The molecule has 2 aliphatic rings. The minimum absolute atomic E-state index is 0.221. The quantitative estimate of drug-likeness (QED) is 0.829. The Hall–Kier alpha value is -1.86. The summed E-state index contributed by atoms with van der Waals surface area (Å²) in [6.07, 6.45) is -5.21. The van der Waals surface area contributed by atoms with Gasteiger partial charge in [-0.25, -0.2) is 17.2 Å². The topological polar surface area (TPSA) is 87.4 Å². The molecule has 10 heteroatoms. The van der Waals surface area contributed by atoms with E-state index in [0.29, 0.717) is 18.9 Å². The average molecular weight is 365 g/mol.